The zero-order valence-corrected chi connectivity index (χ0v) is 15.3. The van der Waals surface area contributed by atoms with Crippen LogP contribution in [0.3, 0.4) is 0 Å². The van der Waals surface area contributed by atoms with Crippen LogP contribution in [0.15, 0.2) is 83.8 Å². The molecule has 0 atom stereocenters. The molecule has 3 aromatic carbocycles. The number of hydrogen-bond acceptors (Lipinski definition) is 2. The van der Waals surface area contributed by atoms with Crippen LogP contribution in [-0.4, -0.2) is 17.3 Å². The number of hydrogen-bond donors (Lipinski definition) is 1. The van der Waals surface area contributed by atoms with E-state index < -0.39 is 5.97 Å². The molecule has 0 amide bonds. The van der Waals surface area contributed by atoms with Crippen molar-refractivity contribution in [1.82, 2.24) is 0 Å². The lowest BCUT2D eigenvalue weighted by Crippen LogP contribution is -2.02. The summed E-state index contributed by atoms with van der Waals surface area (Å²) in [5.41, 5.74) is 3.50. The molecular formula is C22H22O2S. The van der Waals surface area contributed by atoms with Gasteiger partial charge in [-0.25, -0.2) is 4.79 Å². The highest BCUT2D eigenvalue weighted by molar-refractivity contribution is 7.98. The van der Waals surface area contributed by atoms with Crippen LogP contribution in [0.1, 0.15) is 27.0 Å². The van der Waals surface area contributed by atoms with Crippen molar-refractivity contribution >= 4 is 17.7 Å². The topological polar surface area (TPSA) is 37.3 Å². The molecule has 0 saturated heterocycles. The van der Waals surface area contributed by atoms with Gasteiger partial charge in [0.05, 0.1) is 5.56 Å². The van der Waals surface area contributed by atoms with Crippen LogP contribution in [0.2, 0.25) is 0 Å². The molecule has 0 fully saturated rings. The predicted molar refractivity (Wildman–Crippen MR) is 106 cm³/mol. The van der Waals surface area contributed by atoms with Gasteiger partial charge < -0.3 is 5.11 Å². The maximum atomic E-state index is 11.0. The molecule has 0 aliphatic heterocycles. The van der Waals surface area contributed by atoms with Gasteiger partial charge in [-0.2, -0.15) is 0 Å². The molecule has 0 radical (unpaired) electrons. The van der Waals surface area contributed by atoms with E-state index in [-0.39, 0.29) is 0 Å². The Morgan fingerprint density at radius 1 is 0.880 bits per heavy atom. The SMILES string of the molecule is CSc1ccccc1.Cc1c(Cc2ccccc2)cccc1C(=O)O. The third-order valence-corrected chi connectivity index (χ3v) is 4.64. The molecule has 128 valence electrons. The lowest BCUT2D eigenvalue weighted by Gasteiger charge is -2.08. The van der Waals surface area contributed by atoms with E-state index in [9.17, 15) is 4.79 Å². The van der Waals surface area contributed by atoms with E-state index in [2.05, 4.69) is 18.4 Å². The molecule has 3 rings (SSSR count). The second-order valence-corrected chi connectivity index (χ2v) is 6.45. The van der Waals surface area contributed by atoms with E-state index in [1.54, 1.807) is 23.9 Å². The Morgan fingerprint density at radius 2 is 1.48 bits per heavy atom. The molecule has 2 nitrogen and oxygen atoms in total. The lowest BCUT2D eigenvalue weighted by atomic mass is 9.97. The average molecular weight is 350 g/mol. The first-order chi connectivity index (χ1) is 12.1. The number of rotatable bonds is 4. The lowest BCUT2D eigenvalue weighted by molar-refractivity contribution is 0.0696. The van der Waals surface area contributed by atoms with E-state index in [4.69, 9.17) is 5.11 Å². The Labute approximate surface area is 153 Å². The summed E-state index contributed by atoms with van der Waals surface area (Å²) in [6.07, 6.45) is 2.85. The fraction of sp³-hybridized carbons (Fsp3) is 0.136. The number of carboxylic acid groups (broad SMARTS) is 1. The van der Waals surface area contributed by atoms with Crippen LogP contribution in [-0.2, 0) is 6.42 Å². The van der Waals surface area contributed by atoms with Crippen LogP contribution in [0.25, 0.3) is 0 Å². The Kier molecular flexibility index (Phi) is 7.30. The smallest absolute Gasteiger partial charge is 0.335 e. The number of aromatic carboxylic acids is 1. The summed E-state index contributed by atoms with van der Waals surface area (Å²) < 4.78 is 0. The quantitative estimate of drug-likeness (QED) is 0.614. The maximum Gasteiger partial charge on any atom is 0.335 e. The summed E-state index contributed by atoms with van der Waals surface area (Å²) in [6, 6.07) is 25.8. The first-order valence-corrected chi connectivity index (χ1v) is 9.29. The van der Waals surface area contributed by atoms with E-state index in [0.29, 0.717) is 5.56 Å². The zero-order valence-electron chi connectivity index (χ0n) is 14.5. The van der Waals surface area contributed by atoms with Crippen LogP contribution in [0, 0.1) is 6.92 Å². The monoisotopic (exact) mass is 350 g/mol. The fourth-order valence-corrected chi connectivity index (χ4v) is 2.91. The summed E-state index contributed by atoms with van der Waals surface area (Å²) >= 11 is 1.77. The van der Waals surface area contributed by atoms with E-state index in [1.165, 1.54) is 10.5 Å². The third-order valence-electron chi connectivity index (χ3n) is 3.89. The van der Waals surface area contributed by atoms with Crippen LogP contribution in [0.5, 0.6) is 0 Å². The summed E-state index contributed by atoms with van der Waals surface area (Å²) in [4.78, 5) is 12.4. The summed E-state index contributed by atoms with van der Waals surface area (Å²) in [6.45, 7) is 1.86. The molecule has 0 heterocycles. The molecule has 0 aliphatic carbocycles. The highest BCUT2D eigenvalue weighted by Crippen LogP contribution is 2.17. The van der Waals surface area contributed by atoms with Gasteiger partial charge in [-0.3, -0.25) is 0 Å². The van der Waals surface area contributed by atoms with Gasteiger partial charge >= 0.3 is 5.97 Å². The molecular weight excluding hydrogens is 328 g/mol. The normalized spacial score (nSPS) is 9.84. The second kappa shape index (κ2) is 9.70. The average Bonchev–Trinajstić information content (AvgIpc) is 2.65. The van der Waals surface area contributed by atoms with Crippen molar-refractivity contribution in [2.75, 3.05) is 6.26 Å². The predicted octanol–water partition coefficient (Wildman–Crippen LogP) is 5.69. The molecule has 3 heteroatoms. The molecule has 0 bridgehead atoms. The largest absolute Gasteiger partial charge is 0.478 e. The Balaban J connectivity index is 0.000000236. The summed E-state index contributed by atoms with van der Waals surface area (Å²) in [5, 5.41) is 9.06. The van der Waals surface area contributed by atoms with Crippen LogP contribution >= 0.6 is 11.8 Å². The number of thioether (sulfide) groups is 1. The minimum Gasteiger partial charge on any atom is -0.478 e. The van der Waals surface area contributed by atoms with Gasteiger partial charge in [0.1, 0.15) is 0 Å². The van der Waals surface area contributed by atoms with Gasteiger partial charge in [0.2, 0.25) is 0 Å². The molecule has 0 unspecified atom stereocenters. The molecule has 0 aliphatic rings. The van der Waals surface area contributed by atoms with Crippen molar-refractivity contribution < 1.29 is 9.90 Å². The Bertz CT molecular complexity index is 799. The van der Waals surface area contributed by atoms with Crippen molar-refractivity contribution in [2.24, 2.45) is 0 Å². The van der Waals surface area contributed by atoms with Gasteiger partial charge in [0.25, 0.3) is 0 Å². The zero-order chi connectivity index (χ0) is 18.1. The molecule has 0 saturated carbocycles. The fourth-order valence-electron chi connectivity index (χ4n) is 2.48. The van der Waals surface area contributed by atoms with Crippen molar-refractivity contribution in [1.29, 1.82) is 0 Å². The minimum atomic E-state index is -0.864. The van der Waals surface area contributed by atoms with Gasteiger partial charge in [0, 0.05) is 4.90 Å². The van der Waals surface area contributed by atoms with Gasteiger partial charge in [-0.15, -0.1) is 11.8 Å². The highest BCUT2D eigenvalue weighted by Gasteiger charge is 2.09. The Hall–Kier alpha value is -2.52. The van der Waals surface area contributed by atoms with E-state index >= 15 is 0 Å². The number of benzene rings is 3. The molecule has 0 spiro atoms. The highest BCUT2D eigenvalue weighted by atomic mass is 32.2. The van der Waals surface area contributed by atoms with Crippen LogP contribution < -0.4 is 0 Å². The standard InChI is InChI=1S/C15H14O2.C7H8S/c1-11-13(8-5-9-14(11)15(16)17)10-12-6-3-2-4-7-12;1-8-7-5-3-2-4-6-7/h2-9H,10H2,1H3,(H,16,17);2-6H,1H3. The van der Waals surface area contributed by atoms with E-state index in [1.807, 2.05) is 61.5 Å². The second-order valence-electron chi connectivity index (χ2n) is 5.57. The van der Waals surface area contributed by atoms with Crippen molar-refractivity contribution in [3.8, 4) is 0 Å². The van der Waals surface area contributed by atoms with E-state index in [0.717, 1.165) is 17.5 Å². The first kappa shape index (κ1) is 18.8. The van der Waals surface area contributed by atoms with Crippen molar-refractivity contribution in [3.05, 3.63) is 101 Å². The number of carbonyl (C=O) groups is 1. The molecule has 1 N–H and O–H groups in total. The summed E-state index contributed by atoms with van der Waals surface area (Å²) in [5.74, 6) is -0.864. The Morgan fingerprint density at radius 3 is 2.00 bits per heavy atom. The minimum absolute atomic E-state index is 0.387. The number of carboxylic acids is 1. The maximum absolute atomic E-state index is 11.0. The molecule has 25 heavy (non-hydrogen) atoms. The first-order valence-electron chi connectivity index (χ1n) is 8.06. The van der Waals surface area contributed by atoms with Crippen LogP contribution in [0.4, 0.5) is 0 Å². The summed E-state index contributed by atoms with van der Waals surface area (Å²) in [7, 11) is 0. The van der Waals surface area contributed by atoms with Gasteiger partial charge in [0.15, 0.2) is 0 Å². The molecule has 3 aromatic rings. The van der Waals surface area contributed by atoms with Crippen molar-refractivity contribution in [3.63, 3.8) is 0 Å². The van der Waals surface area contributed by atoms with Crippen molar-refractivity contribution in [2.45, 2.75) is 18.2 Å². The third kappa shape index (κ3) is 5.80. The molecule has 0 aromatic heterocycles. The van der Waals surface area contributed by atoms with Gasteiger partial charge in [-0.1, -0.05) is 60.7 Å². The van der Waals surface area contributed by atoms with Gasteiger partial charge in [-0.05, 0) is 54.5 Å².